The van der Waals surface area contributed by atoms with Gasteiger partial charge in [-0.05, 0) is 12.1 Å². The summed E-state index contributed by atoms with van der Waals surface area (Å²) in [7, 11) is 0. The first-order valence-corrected chi connectivity index (χ1v) is 7.08. The Bertz CT molecular complexity index is 481. The molecule has 0 radical (unpaired) electrons. The van der Waals surface area contributed by atoms with Gasteiger partial charge in [-0.3, -0.25) is 15.1 Å². The third kappa shape index (κ3) is 2.99. The third-order valence-electron chi connectivity index (χ3n) is 3.74. The van der Waals surface area contributed by atoms with Gasteiger partial charge in [-0.2, -0.15) is 0 Å². The van der Waals surface area contributed by atoms with E-state index in [1.807, 2.05) is 29.2 Å². The highest BCUT2D eigenvalue weighted by Gasteiger charge is 2.28. The van der Waals surface area contributed by atoms with Gasteiger partial charge in [0.2, 0.25) is 5.91 Å². The molecule has 0 aliphatic carbocycles. The lowest BCUT2D eigenvalue weighted by molar-refractivity contribution is -0.133. The van der Waals surface area contributed by atoms with Crippen molar-refractivity contribution in [3.8, 4) is 5.75 Å². The summed E-state index contributed by atoms with van der Waals surface area (Å²) in [6, 6.07) is 3.65. The molecule has 0 aromatic carbocycles. The number of nitrogens with one attached hydrogen (secondary N) is 1. The Balaban J connectivity index is 1.49. The van der Waals surface area contributed by atoms with E-state index in [4.69, 9.17) is 4.74 Å². The molecule has 1 saturated heterocycles. The lowest BCUT2D eigenvalue weighted by Crippen LogP contribution is -2.48. The molecule has 1 atom stereocenters. The number of carbonyl (C=O) groups excluding carboxylic acids is 1. The molecule has 1 aromatic heterocycles. The molecular formula is C15H19N3O2. The van der Waals surface area contributed by atoms with Gasteiger partial charge in [0.25, 0.3) is 0 Å². The topological polar surface area (TPSA) is 54.5 Å². The lowest BCUT2D eigenvalue weighted by Gasteiger charge is -2.33. The second-order valence-electron chi connectivity index (χ2n) is 5.15. The number of piperidine rings is 1. The van der Waals surface area contributed by atoms with Crippen molar-refractivity contribution in [3.63, 3.8) is 0 Å². The van der Waals surface area contributed by atoms with Crippen LogP contribution in [0.15, 0.2) is 36.7 Å². The molecule has 3 heterocycles. The Morgan fingerprint density at radius 1 is 1.40 bits per heavy atom. The number of aromatic nitrogens is 1. The van der Waals surface area contributed by atoms with Gasteiger partial charge < -0.3 is 9.64 Å². The molecule has 0 spiro atoms. The molecule has 3 rings (SSSR count). The highest BCUT2D eigenvalue weighted by atomic mass is 16.5. The summed E-state index contributed by atoms with van der Waals surface area (Å²) in [4.78, 5) is 18.2. The van der Waals surface area contributed by atoms with Crippen LogP contribution >= 0.6 is 0 Å². The van der Waals surface area contributed by atoms with Crippen molar-refractivity contribution in [2.45, 2.75) is 25.0 Å². The van der Waals surface area contributed by atoms with Crippen molar-refractivity contribution in [2.75, 3.05) is 19.6 Å². The average Bonchev–Trinajstić information content (AvgIpc) is 3.03. The van der Waals surface area contributed by atoms with E-state index in [0.29, 0.717) is 0 Å². The Morgan fingerprint density at radius 3 is 2.90 bits per heavy atom. The van der Waals surface area contributed by atoms with Crippen LogP contribution < -0.4 is 10.1 Å². The molecule has 1 N–H and O–H groups in total. The maximum Gasteiger partial charge on any atom is 0.243 e. The molecule has 1 aromatic rings. The number of carbonyl (C=O) groups is 1. The smallest absolute Gasteiger partial charge is 0.243 e. The molecule has 0 bridgehead atoms. The third-order valence-corrected chi connectivity index (χ3v) is 3.74. The van der Waals surface area contributed by atoms with E-state index in [0.717, 1.165) is 38.2 Å². The molecule has 2 aliphatic rings. The summed E-state index contributed by atoms with van der Waals surface area (Å²) in [5.74, 6) is 0.983. The minimum atomic E-state index is -0.134. The van der Waals surface area contributed by atoms with Crippen LogP contribution in [0.3, 0.4) is 0 Å². The summed E-state index contributed by atoms with van der Waals surface area (Å²) >= 11 is 0. The largest absolute Gasteiger partial charge is 0.489 e. The number of hydrogen-bond acceptors (Lipinski definition) is 4. The number of likely N-dealkylation sites (tertiary alicyclic amines) is 1. The zero-order chi connectivity index (χ0) is 13.8. The standard InChI is InChI=1S/C15H19N3O2/c19-15(14-4-2-8-17-14)18-9-5-12(6-10-18)20-13-3-1-7-16-11-13/h1-4,7,11-12,14,17H,5-6,8-10H2. The summed E-state index contributed by atoms with van der Waals surface area (Å²) in [5, 5.41) is 3.16. The van der Waals surface area contributed by atoms with Gasteiger partial charge in [-0.25, -0.2) is 0 Å². The van der Waals surface area contributed by atoms with Crippen molar-refractivity contribution in [3.05, 3.63) is 36.7 Å². The Hall–Kier alpha value is -1.88. The summed E-state index contributed by atoms with van der Waals surface area (Å²) in [5.41, 5.74) is 0. The molecule has 0 saturated carbocycles. The van der Waals surface area contributed by atoms with Crippen molar-refractivity contribution in [2.24, 2.45) is 0 Å². The number of rotatable bonds is 3. The summed E-state index contributed by atoms with van der Waals surface area (Å²) in [6.45, 7) is 2.31. The molecular weight excluding hydrogens is 254 g/mol. The fourth-order valence-electron chi connectivity index (χ4n) is 2.64. The van der Waals surface area contributed by atoms with Crippen molar-refractivity contribution >= 4 is 5.91 Å². The van der Waals surface area contributed by atoms with Crippen LogP contribution in [-0.4, -0.2) is 47.6 Å². The lowest BCUT2D eigenvalue weighted by atomic mass is 10.1. The molecule has 1 fully saturated rings. The van der Waals surface area contributed by atoms with E-state index in [-0.39, 0.29) is 18.1 Å². The van der Waals surface area contributed by atoms with Gasteiger partial charge in [0.05, 0.1) is 6.20 Å². The fourth-order valence-corrected chi connectivity index (χ4v) is 2.64. The predicted molar refractivity (Wildman–Crippen MR) is 75.4 cm³/mol. The fraction of sp³-hybridized carbons (Fsp3) is 0.467. The van der Waals surface area contributed by atoms with Crippen LogP contribution in [0.2, 0.25) is 0 Å². The maximum absolute atomic E-state index is 12.2. The minimum absolute atomic E-state index is 0.134. The van der Waals surface area contributed by atoms with Gasteiger partial charge in [-0.1, -0.05) is 12.2 Å². The SMILES string of the molecule is O=C(C1C=CCN1)N1CCC(Oc2cccnc2)CC1. The molecule has 106 valence electrons. The quantitative estimate of drug-likeness (QED) is 0.834. The van der Waals surface area contributed by atoms with Gasteiger partial charge in [0.1, 0.15) is 17.9 Å². The minimum Gasteiger partial charge on any atom is -0.489 e. The highest BCUT2D eigenvalue weighted by Crippen LogP contribution is 2.18. The van der Waals surface area contributed by atoms with Crippen LogP contribution in [-0.2, 0) is 4.79 Å². The van der Waals surface area contributed by atoms with E-state index < -0.39 is 0 Å². The van der Waals surface area contributed by atoms with E-state index in [9.17, 15) is 4.79 Å². The predicted octanol–water partition coefficient (Wildman–Crippen LogP) is 0.979. The van der Waals surface area contributed by atoms with Crippen molar-refractivity contribution in [1.29, 1.82) is 0 Å². The van der Waals surface area contributed by atoms with Gasteiger partial charge in [-0.15, -0.1) is 0 Å². The number of ether oxygens (including phenoxy) is 1. The summed E-state index contributed by atoms with van der Waals surface area (Å²) in [6.07, 6.45) is 9.33. The van der Waals surface area contributed by atoms with Crippen LogP contribution in [0, 0.1) is 0 Å². The van der Waals surface area contributed by atoms with E-state index in [1.165, 1.54) is 0 Å². The second-order valence-corrected chi connectivity index (χ2v) is 5.15. The first-order chi connectivity index (χ1) is 9.83. The second kappa shape index (κ2) is 6.05. The Kier molecular flexibility index (Phi) is 3.97. The molecule has 5 nitrogen and oxygen atoms in total. The van der Waals surface area contributed by atoms with E-state index in [2.05, 4.69) is 10.3 Å². The Morgan fingerprint density at radius 2 is 2.25 bits per heavy atom. The van der Waals surface area contributed by atoms with Crippen LogP contribution in [0.4, 0.5) is 0 Å². The molecule has 1 amide bonds. The highest BCUT2D eigenvalue weighted by molar-refractivity contribution is 5.84. The van der Waals surface area contributed by atoms with Crippen molar-refractivity contribution in [1.82, 2.24) is 15.2 Å². The monoisotopic (exact) mass is 273 g/mol. The van der Waals surface area contributed by atoms with E-state index in [1.54, 1.807) is 12.4 Å². The normalized spacial score (nSPS) is 23.0. The van der Waals surface area contributed by atoms with E-state index >= 15 is 0 Å². The van der Waals surface area contributed by atoms with Gasteiger partial charge in [0, 0.05) is 38.7 Å². The molecule has 20 heavy (non-hydrogen) atoms. The number of nitrogens with zero attached hydrogens (tertiary/aromatic N) is 2. The zero-order valence-electron chi connectivity index (χ0n) is 11.4. The molecule has 2 aliphatic heterocycles. The first kappa shape index (κ1) is 13.1. The Labute approximate surface area is 118 Å². The average molecular weight is 273 g/mol. The van der Waals surface area contributed by atoms with Crippen LogP contribution in [0.1, 0.15) is 12.8 Å². The number of pyridine rings is 1. The molecule has 1 unspecified atom stereocenters. The zero-order valence-corrected chi connectivity index (χ0v) is 11.4. The van der Waals surface area contributed by atoms with Gasteiger partial charge >= 0.3 is 0 Å². The number of amides is 1. The van der Waals surface area contributed by atoms with Crippen LogP contribution in [0.5, 0.6) is 5.75 Å². The maximum atomic E-state index is 12.2. The number of hydrogen-bond donors (Lipinski definition) is 1. The summed E-state index contributed by atoms with van der Waals surface area (Å²) < 4.78 is 5.88. The van der Waals surface area contributed by atoms with Crippen LogP contribution in [0.25, 0.3) is 0 Å². The van der Waals surface area contributed by atoms with Gasteiger partial charge in [0.15, 0.2) is 0 Å². The molecule has 5 heteroatoms. The van der Waals surface area contributed by atoms with Crippen molar-refractivity contribution < 1.29 is 9.53 Å². The first-order valence-electron chi connectivity index (χ1n) is 7.08.